The zero-order valence-electron chi connectivity index (χ0n) is 13.9. The van der Waals surface area contributed by atoms with Gasteiger partial charge in [-0.05, 0) is 24.6 Å². The highest BCUT2D eigenvalue weighted by atomic mass is 35.5. The molecule has 1 aromatic rings. The predicted molar refractivity (Wildman–Crippen MR) is 101 cm³/mol. The predicted octanol–water partition coefficient (Wildman–Crippen LogP) is 1.62. The minimum Gasteiger partial charge on any atom is -0.379 e. The number of nitrogens with two attached hydrogens (primary N) is 1. The Morgan fingerprint density at radius 1 is 1.40 bits per heavy atom. The topological polar surface area (TPSA) is 97.0 Å². The van der Waals surface area contributed by atoms with Gasteiger partial charge in [0.05, 0.1) is 31.6 Å². The maximum atomic E-state index is 12.2. The van der Waals surface area contributed by atoms with E-state index in [4.69, 9.17) is 33.7 Å². The van der Waals surface area contributed by atoms with Gasteiger partial charge in [0.2, 0.25) is 10.0 Å². The molecule has 0 spiro atoms. The molecule has 1 fully saturated rings. The summed E-state index contributed by atoms with van der Waals surface area (Å²) in [5.74, 6) is 0.0709. The number of rotatable bonds is 6. The van der Waals surface area contributed by atoms with Crippen LogP contribution in [0, 0.1) is 0 Å². The first kappa shape index (κ1) is 20.3. The lowest BCUT2D eigenvalue weighted by molar-refractivity contribution is 0.0731. The Morgan fingerprint density at radius 3 is 2.72 bits per heavy atom. The molecule has 1 saturated heterocycles. The first-order chi connectivity index (χ1) is 11.8. The average Bonchev–Trinajstić information content (AvgIpc) is 2.55. The van der Waals surface area contributed by atoms with Crippen LogP contribution in [0.15, 0.2) is 23.2 Å². The van der Waals surface area contributed by atoms with Crippen LogP contribution in [-0.2, 0) is 14.8 Å². The Morgan fingerprint density at radius 2 is 2.08 bits per heavy atom. The monoisotopic (exact) mass is 408 g/mol. The quantitative estimate of drug-likeness (QED) is 0.550. The largest absolute Gasteiger partial charge is 0.379 e. The molecule has 25 heavy (non-hydrogen) atoms. The Hall–Kier alpha value is -1.06. The van der Waals surface area contributed by atoms with Crippen LogP contribution in [-0.4, -0.2) is 57.3 Å². The van der Waals surface area contributed by atoms with Crippen molar-refractivity contribution in [1.29, 1.82) is 0 Å². The number of hydrogen-bond donors (Lipinski definition) is 2. The molecule has 2 rings (SSSR count). The molecule has 0 amide bonds. The number of aliphatic imine (C=N–C) groups is 1. The lowest BCUT2D eigenvalue weighted by atomic mass is 10.1. The number of nitrogens with zero attached hydrogens (tertiary/aromatic N) is 2. The number of hydrogen-bond acceptors (Lipinski definition) is 4. The van der Waals surface area contributed by atoms with E-state index in [-0.39, 0.29) is 24.3 Å². The van der Waals surface area contributed by atoms with Gasteiger partial charge < -0.3 is 15.8 Å². The van der Waals surface area contributed by atoms with E-state index in [0.29, 0.717) is 36.3 Å². The van der Waals surface area contributed by atoms with Gasteiger partial charge in [-0.15, -0.1) is 0 Å². The van der Waals surface area contributed by atoms with Gasteiger partial charge in [-0.25, -0.2) is 8.42 Å². The fourth-order valence-electron chi connectivity index (χ4n) is 2.43. The summed E-state index contributed by atoms with van der Waals surface area (Å²) in [6.45, 7) is 3.57. The number of nitrogens with one attached hydrogen (secondary N) is 1. The molecule has 1 unspecified atom stereocenters. The summed E-state index contributed by atoms with van der Waals surface area (Å²) in [4.78, 5) is 4.09. The highest BCUT2D eigenvalue weighted by Gasteiger charge is 2.23. The number of halogens is 2. The van der Waals surface area contributed by atoms with Crippen molar-refractivity contribution in [3.63, 3.8) is 0 Å². The SMILES string of the molecule is CC(NC(N)=NCCS(=O)(=O)N1CCOCC1)c1ccc(Cl)cc1Cl. The first-order valence-corrected chi connectivity index (χ1v) is 10.2. The highest BCUT2D eigenvalue weighted by molar-refractivity contribution is 7.89. The third kappa shape index (κ3) is 6.00. The number of benzene rings is 1. The summed E-state index contributed by atoms with van der Waals surface area (Å²) >= 11 is 12.0. The van der Waals surface area contributed by atoms with Gasteiger partial charge >= 0.3 is 0 Å². The first-order valence-electron chi connectivity index (χ1n) is 7.86. The zero-order valence-corrected chi connectivity index (χ0v) is 16.2. The van der Waals surface area contributed by atoms with Crippen molar-refractivity contribution in [2.24, 2.45) is 10.7 Å². The normalized spacial score (nSPS) is 18.1. The minimum atomic E-state index is -3.34. The molecule has 0 bridgehead atoms. The summed E-state index contributed by atoms with van der Waals surface area (Å²) in [7, 11) is -3.34. The number of morpholine rings is 1. The second kappa shape index (κ2) is 9.05. The number of ether oxygens (including phenoxy) is 1. The van der Waals surface area contributed by atoms with Gasteiger partial charge in [0, 0.05) is 23.1 Å². The molecule has 1 atom stereocenters. The maximum Gasteiger partial charge on any atom is 0.216 e. The van der Waals surface area contributed by atoms with E-state index in [1.807, 2.05) is 6.92 Å². The summed E-state index contributed by atoms with van der Waals surface area (Å²) < 4.78 is 31.0. The van der Waals surface area contributed by atoms with Gasteiger partial charge in [0.1, 0.15) is 0 Å². The molecular weight excluding hydrogens is 387 g/mol. The minimum absolute atomic E-state index is 0.0829. The van der Waals surface area contributed by atoms with E-state index in [1.165, 1.54) is 4.31 Å². The fraction of sp³-hybridized carbons (Fsp3) is 0.533. The Labute approximate surface area is 158 Å². The van der Waals surface area contributed by atoms with Gasteiger partial charge in [-0.2, -0.15) is 4.31 Å². The molecule has 0 aliphatic carbocycles. The zero-order chi connectivity index (χ0) is 18.4. The van der Waals surface area contributed by atoms with Crippen LogP contribution < -0.4 is 11.1 Å². The fourth-order valence-corrected chi connectivity index (χ4v) is 4.29. The Bertz CT molecular complexity index is 721. The summed E-state index contributed by atoms with van der Waals surface area (Å²) in [6.07, 6.45) is 0. The van der Waals surface area contributed by atoms with Crippen molar-refractivity contribution in [3.8, 4) is 0 Å². The van der Waals surface area contributed by atoms with Crippen LogP contribution in [0.25, 0.3) is 0 Å². The van der Waals surface area contributed by atoms with Gasteiger partial charge in [0.25, 0.3) is 0 Å². The highest BCUT2D eigenvalue weighted by Crippen LogP contribution is 2.25. The molecule has 140 valence electrons. The smallest absolute Gasteiger partial charge is 0.216 e. The van der Waals surface area contributed by atoms with E-state index in [9.17, 15) is 8.42 Å². The molecule has 0 aromatic heterocycles. The van der Waals surface area contributed by atoms with E-state index in [2.05, 4.69) is 10.3 Å². The van der Waals surface area contributed by atoms with E-state index in [1.54, 1.807) is 18.2 Å². The second-order valence-corrected chi connectivity index (χ2v) is 8.56. The third-order valence-electron chi connectivity index (χ3n) is 3.79. The van der Waals surface area contributed by atoms with Crippen molar-refractivity contribution < 1.29 is 13.2 Å². The molecule has 1 aromatic carbocycles. The standard InChI is InChI=1S/C15H22Cl2N4O3S/c1-11(13-3-2-12(16)10-14(13)17)20-15(18)19-4-9-25(22,23)21-5-7-24-8-6-21/h2-3,10-11H,4-9H2,1H3,(H3,18,19,20). The summed E-state index contributed by atoms with van der Waals surface area (Å²) in [5.41, 5.74) is 6.67. The Kier molecular flexibility index (Phi) is 7.33. The van der Waals surface area contributed by atoms with Crippen LogP contribution in [0.5, 0.6) is 0 Å². The molecule has 7 nitrogen and oxygen atoms in total. The number of guanidine groups is 1. The molecule has 0 saturated carbocycles. The van der Waals surface area contributed by atoms with Gasteiger partial charge in [-0.3, -0.25) is 4.99 Å². The van der Waals surface area contributed by atoms with Crippen LogP contribution in [0.3, 0.4) is 0 Å². The summed E-state index contributed by atoms with van der Waals surface area (Å²) in [6, 6.07) is 5.00. The van der Waals surface area contributed by atoms with Crippen molar-refractivity contribution in [3.05, 3.63) is 33.8 Å². The van der Waals surface area contributed by atoms with Crippen LogP contribution in [0.1, 0.15) is 18.5 Å². The van der Waals surface area contributed by atoms with Crippen molar-refractivity contribution >= 4 is 39.2 Å². The van der Waals surface area contributed by atoms with Crippen molar-refractivity contribution in [2.75, 3.05) is 38.6 Å². The maximum absolute atomic E-state index is 12.2. The van der Waals surface area contributed by atoms with E-state index < -0.39 is 10.0 Å². The molecule has 1 aliphatic heterocycles. The van der Waals surface area contributed by atoms with Crippen molar-refractivity contribution in [1.82, 2.24) is 9.62 Å². The lowest BCUT2D eigenvalue weighted by Crippen LogP contribution is -2.42. The second-order valence-electron chi connectivity index (χ2n) is 5.63. The number of sulfonamides is 1. The summed E-state index contributed by atoms with van der Waals surface area (Å²) in [5, 5.41) is 4.07. The molecule has 3 N–H and O–H groups in total. The molecule has 1 heterocycles. The lowest BCUT2D eigenvalue weighted by Gasteiger charge is -2.25. The molecule has 10 heteroatoms. The van der Waals surface area contributed by atoms with Crippen LogP contribution in [0.2, 0.25) is 10.0 Å². The van der Waals surface area contributed by atoms with Gasteiger partial charge in [-0.1, -0.05) is 29.3 Å². The van der Waals surface area contributed by atoms with E-state index in [0.717, 1.165) is 5.56 Å². The Balaban J connectivity index is 1.88. The molecular formula is C15H22Cl2N4O3S. The van der Waals surface area contributed by atoms with Crippen LogP contribution >= 0.6 is 23.2 Å². The third-order valence-corrected chi connectivity index (χ3v) is 6.20. The van der Waals surface area contributed by atoms with Gasteiger partial charge in [0.15, 0.2) is 5.96 Å². The van der Waals surface area contributed by atoms with Crippen LogP contribution in [0.4, 0.5) is 0 Å². The average molecular weight is 409 g/mol. The molecule has 0 radical (unpaired) electrons. The molecule has 1 aliphatic rings. The van der Waals surface area contributed by atoms with E-state index >= 15 is 0 Å². The van der Waals surface area contributed by atoms with Crippen molar-refractivity contribution in [2.45, 2.75) is 13.0 Å².